The van der Waals surface area contributed by atoms with Crippen LogP contribution in [-0.2, 0) is 0 Å². The van der Waals surface area contributed by atoms with E-state index in [9.17, 15) is 19.5 Å². The van der Waals surface area contributed by atoms with Gasteiger partial charge < -0.3 is 30.3 Å². The smallest absolute Gasteiger partial charge is 0.321 e. The number of hydrogen-bond donors (Lipinski definition) is 3. The Morgan fingerprint density at radius 1 is 1.09 bits per heavy atom. The third-order valence-electron chi connectivity index (χ3n) is 7.59. The monoisotopic (exact) mass is 613 g/mol. The second kappa shape index (κ2) is 13.7. The molecule has 1 aliphatic heterocycles. The van der Waals surface area contributed by atoms with Crippen LogP contribution in [0.1, 0.15) is 34.6 Å². The molecule has 4 aromatic rings. The molecule has 44 heavy (non-hydrogen) atoms. The first-order chi connectivity index (χ1) is 21.2. The molecule has 0 bridgehead atoms. The van der Waals surface area contributed by atoms with Crippen LogP contribution in [0.5, 0.6) is 5.75 Å². The number of ether oxygens (including phenoxy) is 1. The molecule has 4 amide bonds. The standard InChI is InChI=1S/C33H35N5O5S/c1-21-18-38(22(2)20-39)32(41)26-10-7-11-27(36-30(40)23-12-14-24(15-13-23)31-34-16-17-44-31)29(26)43-28(21)19-37(3)33(42)35-25-8-5-4-6-9-25/h4-17,21-22,28,39H,18-20H2,1-3H3,(H,35,42)(H,36,40)/t21-,22+,28-/m1/s1. The summed E-state index contributed by atoms with van der Waals surface area (Å²) in [5, 5.41) is 18.5. The van der Waals surface area contributed by atoms with Crippen LogP contribution in [0.25, 0.3) is 10.6 Å². The lowest BCUT2D eigenvalue weighted by Gasteiger charge is -2.38. The Bertz CT molecular complexity index is 1600. The van der Waals surface area contributed by atoms with Crippen molar-refractivity contribution in [3.63, 3.8) is 0 Å². The summed E-state index contributed by atoms with van der Waals surface area (Å²) in [5.41, 5.74) is 2.59. The molecule has 5 rings (SSSR count). The molecule has 0 saturated carbocycles. The first kappa shape index (κ1) is 30.7. The highest BCUT2D eigenvalue weighted by molar-refractivity contribution is 7.13. The Kier molecular flexibility index (Phi) is 9.56. The molecule has 2 heterocycles. The number of aromatic nitrogens is 1. The number of aliphatic hydroxyl groups is 1. The van der Waals surface area contributed by atoms with Crippen molar-refractivity contribution in [2.24, 2.45) is 5.92 Å². The number of hydrogen-bond acceptors (Lipinski definition) is 7. The average Bonchev–Trinajstić information content (AvgIpc) is 3.58. The van der Waals surface area contributed by atoms with Gasteiger partial charge in [-0.3, -0.25) is 9.59 Å². The highest BCUT2D eigenvalue weighted by Crippen LogP contribution is 2.35. The fourth-order valence-electron chi connectivity index (χ4n) is 4.98. The maximum absolute atomic E-state index is 13.8. The zero-order valence-corrected chi connectivity index (χ0v) is 25.6. The zero-order chi connectivity index (χ0) is 31.2. The van der Waals surface area contributed by atoms with E-state index in [0.717, 1.165) is 10.6 Å². The topological polar surface area (TPSA) is 124 Å². The van der Waals surface area contributed by atoms with Gasteiger partial charge >= 0.3 is 6.03 Å². The van der Waals surface area contributed by atoms with Crippen LogP contribution in [0.4, 0.5) is 16.2 Å². The maximum Gasteiger partial charge on any atom is 0.321 e. The highest BCUT2D eigenvalue weighted by Gasteiger charge is 2.35. The molecule has 0 spiro atoms. The number of fused-ring (bicyclic) bond motifs is 1. The van der Waals surface area contributed by atoms with Crippen LogP contribution >= 0.6 is 11.3 Å². The van der Waals surface area contributed by atoms with Gasteiger partial charge in [0, 0.05) is 47.9 Å². The van der Waals surface area contributed by atoms with E-state index < -0.39 is 12.1 Å². The van der Waals surface area contributed by atoms with Gasteiger partial charge in [-0.05, 0) is 43.3 Å². The van der Waals surface area contributed by atoms with Crippen LogP contribution in [0.2, 0.25) is 0 Å². The molecule has 0 radical (unpaired) electrons. The number of nitrogens with zero attached hydrogens (tertiary/aromatic N) is 3. The number of anilines is 2. The van der Waals surface area contributed by atoms with Crippen molar-refractivity contribution in [3.05, 3.63) is 95.5 Å². The third kappa shape index (κ3) is 6.90. The van der Waals surface area contributed by atoms with E-state index in [4.69, 9.17) is 4.74 Å². The first-order valence-corrected chi connectivity index (χ1v) is 15.2. The molecular formula is C33H35N5O5S. The van der Waals surface area contributed by atoms with Crippen molar-refractivity contribution in [1.82, 2.24) is 14.8 Å². The summed E-state index contributed by atoms with van der Waals surface area (Å²) >= 11 is 1.51. The van der Waals surface area contributed by atoms with Crippen molar-refractivity contribution in [2.75, 3.05) is 37.4 Å². The summed E-state index contributed by atoms with van der Waals surface area (Å²) in [6.45, 7) is 4.01. The maximum atomic E-state index is 13.8. The largest absolute Gasteiger partial charge is 0.485 e. The van der Waals surface area contributed by atoms with Gasteiger partial charge in [-0.1, -0.05) is 43.3 Å². The Morgan fingerprint density at radius 2 is 1.84 bits per heavy atom. The summed E-state index contributed by atoms with van der Waals surface area (Å²) in [6, 6.07) is 20.5. The minimum atomic E-state index is -0.544. The van der Waals surface area contributed by atoms with Crippen LogP contribution in [0.15, 0.2) is 84.4 Å². The van der Waals surface area contributed by atoms with Gasteiger partial charge in [0.25, 0.3) is 11.8 Å². The molecule has 1 aliphatic rings. The number of carbonyl (C=O) groups excluding carboxylic acids is 3. The molecule has 10 nitrogen and oxygen atoms in total. The summed E-state index contributed by atoms with van der Waals surface area (Å²) in [5.74, 6) is -0.693. The number of amides is 4. The molecule has 0 fully saturated rings. The lowest BCUT2D eigenvalue weighted by Crippen LogP contribution is -2.50. The fraction of sp³-hybridized carbons (Fsp3) is 0.273. The van der Waals surface area contributed by atoms with Gasteiger partial charge in [-0.25, -0.2) is 9.78 Å². The van der Waals surface area contributed by atoms with Crippen molar-refractivity contribution in [1.29, 1.82) is 0 Å². The molecule has 11 heteroatoms. The Morgan fingerprint density at radius 3 is 2.52 bits per heavy atom. The van der Waals surface area contributed by atoms with Gasteiger partial charge in [-0.15, -0.1) is 11.3 Å². The molecule has 0 saturated heterocycles. The fourth-order valence-corrected chi connectivity index (χ4v) is 5.62. The second-order valence-corrected chi connectivity index (χ2v) is 11.7. The number of thiazole rings is 1. The number of likely N-dealkylation sites (N-methyl/N-ethyl adjacent to an activating group) is 1. The molecule has 3 N–H and O–H groups in total. The van der Waals surface area contributed by atoms with E-state index in [2.05, 4.69) is 15.6 Å². The van der Waals surface area contributed by atoms with Crippen molar-refractivity contribution in [2.45, 2.75) is 26.0 Å². The Balaban J connectivity index is 1.42. The van der Waals surface area contributed by atoms with E-state index in [1.807, 2.05) is 42.6 Å². The molecular weight excluding hydrogens is 578 g/mol. The molecule has 3 atom stereocenters. The molecule has 0 unspecified atom stereocenters. The van der Waals surface area contributed by atoms with Gasteiger partial charge in [0.1, 0.15) is 11.1 Å². The lowest BCUT2D eigenvalue weighted by atomic mass is 9.99. The number of urea groups is 1. The number of nitrogens with one attached hydrogen (secondary N) is 2. The van der Waals surface area contributed by atoms with Crippen LogP contribution in [0.3, 0.4) is 0 Å². The molecule has 3 aromatic carbocycles. The van der Waals surface area contributed by atoms with Crippen molar-refractivity contribution in [3.8, 4) is 16.3 Å². The van der Waals surface area contributed by atoms with E-state index in [1.54, 1.807) is 67.5 Å². The summed E-state index contributed by atoms with van der Waals surface area (Å²) in [7, 11) is 1.68. The number of carbonyl (C=O) groups is 3. The van der Waals surface area contributed by atoms with Crippen LogP contribution < -0.4 is 15.4 Å². The number of benzene rings is 3. The highest BCUT2D eigenvalue weighted by atomic mass is 32.1. The summed E-state index contributed by atoms with van der Waals surface area (Å²) < 4.78 is 6.54. The van der Waals surface area contributed by atoms with E-state index in [1.165, 1.54) is 16.2 Å². The third-order valence-corrected chi connectivity index (χ3v) is 8.41. The molecule has 1 aromatic heterocycles. The lowest BCUT2D eigenvalue weighted by molar-refractivity contribution is 0.0372. The summed E-state index contributed by atoms with van der Waals surface area (Å²) in [6.07, 6.45) is 1.19. The van der Waals surface area contributed by atoms with Gasteiger partial charge in [0.2, 0.25) is 0 Å². The van der Waals surface area contributed by atoms with E-state index in [0.29, 0.717) is 23.5 Å². The average molecular weight is 614 g/mol. The van der Waals surface area contributed by atoms with Crippen molar-refractivity contribution < 1.29 is 24.2 Å². The van der Waals surface area contributed by atoms with Gasteiger partial charge in [0.15, 0.2) is 5.75 Å². The van der Waals surface area contributed by atoms with Gasteiger partial charge in [-0.2, -0.15) is 0 Å². The normalized spacial score (nSPS) is 17.0. The summed E-state index contributed by atoms with van der Waals surface area (Å²) in [4.78, 5) is 47.6. The van der Waals surface area contributed by atoms with E-state index >= 15 is 0 Å². The minimum absolute atomic E-state index is 0.204. The first-order valence-electron chi connectivity index (χ1n) is 14.3. The molecule has 0 aliphatic carbocycles. The Hall–Kier alpha value is -4.74. The predicted molar refractivity (Wildman–Crippen MR) is 171 cm³/mol. The predicted octanol–water partition coefficient (Wildman–Crippen LogP) is 5.45. The number of rotatable bonds is 8. The van der Waals surface area contributed by atoms with Crippen molar-refractivity contribution >= 4 is 40.6 Å². The number of para-hydroxylation sites is 2. The second-order valence-electron chi connectivity index (χ2n) is 10.9. The van der Waals surface area contributed by atoms with Crippen LogP contribution in [-0.4, -0.2) is 76.6 Å². The quantitative estimate of drug-likeness (QED) is 0.243. The molecule has 228 valence electrons. The SMILES string of the molecule is C[C@@H]1CN([C@@H](C)CO)C(=O)c2cccc(NC(=O)c3ccc(-c4nccs4)cc3)c2O[C@@H]1CN(C)C(=O)Nc1ccccc1. The Labute approximate surface area is 260 Å². The zero-order valence-electron chi connectivity index (χ0n) is 24.8. The van der Waals surface area contributed by atoms with Gasteiger partial charge in [0.05, 0.1) is 30.4 Å². The van der Waals surface area contributed by atoms with Crippen LogP contribution in [0, 0.1) is 5.92 Å². The van der Waals surface area contributed by atoms with E-state index in [-0.39, 0.29) is 48.2 Å². The number of aliphatic hydroxyl groups excluding tert-OH is 1. The minimum Gasteiger partial charge on any atom is -0.485 e.